The van der Waals surface area contributed by atoms with Crippen LogP contribution in [-0.4, -0.2) is 280 Å². The summed E-state index contributed by atoms with van der Waals surface area (Å²) in [5.41, 5.74) is 2.40. The molecule has 0 spiro atoms. The van der Waals surface area contributed by atoms with Gasteiger partial charge in [0.25, 0.3) is 23.4 Å². The van der Waals surface area contributed by atoms with Crippen LogP contribution in [-0.2, 0) is 113 Å². The summed E-state index contributed by atoms with van der Waals surface area (Å²) >= 11 is 0. The number of hydrogen-bond donors (Lipinski definition) is 4. The first-order chi connectivity index (χ1) is 67.4. The number of hydrogen-bond acceptors (Lipinski definition) is 28. The predicted octanol–water partition coefficient (Wildman–Crippen LogP) is 15.5. The number of carbonyl (C=O) groups excluding carboxylic acids is 10. The smallest absolute Gasteiger partial charge is 0.329 e. The summed E-state index contributed by atoms with van der Waals surface area (Å²) < 4.78 is 143. The zero-order valence-corrected chi connectivity index (χ0v) is 87.6. The lowest BCUT2D eigenvalue weighted by atomic mass is 9.78. The number of Topliss-reactive ketones (excluding diaryl/α,β-unsaturated/α-hetero) is 6. The van der Waals surface area contributed by atoms with Crippen LogP contribution < -0.4 is 0 Å². The molecular weight excluding hydrogens is 1810 g/mol. The van der Waals surface area contributed by atoms with Crippen molar-refractivity contribution in [3.05, 3.63) is 95.2 Å². The van der Waals surface area contributed by atoms with E-state index in [9.17, 15) is 77.5 Å². The number of fused-ring (bicyclic) bond motifs is 6. The van der Waals surface area contributed by atoms with Crippen molar-refractivity contribution in [2.45, 2.75) is 360 Å². The molecule has 32 heteroatoms. The van der Waals surface area contributed by atoms with E-state index in [-0.39, 0.29) is 98.4 Å². The number of methoxy groups -OCH3 is 6. The Morgan fingerprint density at radius 3 is 1.14 bits per heavy atom. The molecule has 4 bridgehead atoms. The molecule has 8 aliphatic rings. The highest BCUT2D eigenvalue weighted by atomic mass is 31.2. The van der Waals surface area contributed by atoms with Gasteiger partial charge in [-0.3, -0.25) is 47.5 Å². The number of esters is 2. The second-order valence-electron chi connectivity index (χ2n) is 41.0. The monoisotopic (exact) mass is 1990 g/mol. The Morgan fingerprint density at radius 2 is 0.812 bits per heavy atom. The molecule has 30 nitrogen and oxygen atoms in total. The van der Waals surface area contributed by atoms with Crippen LogP contribution in [0.1, 0.15) is 259 Å². The normalized spacial score (nSPS) is 40.5. The molecule has 2 aliphatic carbocycles. The lowest BCUT2D eigenvalue weighted by Gasteiger charge is -2.42. The fourth-order valence-electron chi connectivity index (χ4n) is 21.0. The van der Waals surface area contributed by atoms with Crippen LogP contribution in [0.3, 0.4) is 0 Å². The number of aliphatic hydroxyl groups excluding tert-OH is 2. The van der Waals surface area contributed by atoms with E-state index in [1.807, 2.05) is 102 Å². The van der Waals surface area contributed by atoms with E-state index in [0.717, 1.165) is 34.3 Å². The zero-order valence-electron chi connectivity index (χ0n) is 91.9. The van der Waals surface area contributed by atoms with E-state index in [2.05, 4.69) is 0 Å². The number of carbonyl (C=O) groups is 10. The predicted molar refractivity (Wildman–Crippen MR) is 527 cm³/mol. The largest absolute Gasteiger partial charge is 0.460 e. The van der Waals surface area contributed by atoms with Gasteiger partial charge in [0.2, 0.25) is 11.6 Å². The van der Waals surface area contributed by atoms with Crippen molar-refractivity contribution in [3.63, 3.8) is 0 Å². The topological polar surface area (TPSA) is 403 Å². The van der Waals surface area contributed by atoms with Gasteiger partial charge in [-0.25, -0.2) is 9.59 Å². The highest BCUT2D eigenvalue weighted by molar-refractivity contribution is 7.57. The van der Waals surface area contributed by atoms with Crippen LogP contribution in [0.5, 0.6) is 0 Å². The van der Waals surface area contributed by atoms with E-state index >= 15 is 0 Å². The maximum atomic E-state index is 14.5. The molecule has 6 heterocycles. The summed E-state index contributed by atoms with van der Waals surface area (Å²) in [5.74, 6) is -17.5. The summed E-state index contributed by atoms with van der Waals surface area (Å²) in [4.78, 5) is 145. The number of ketones is 6. The number of ether oxygens (including phenoxy) is 10. The molecule has 780 valence electrons. The van der Waals surface area contributed by atoms with Gasteiger partial charge >= 0.3 is 11.9 Å². The molecular formula is C106H168N2O28P2. The Kier molecular flexibility index (Phi) is 43.5. The molecule has 32 atom stereocenters. The van der Waals surface area contributed by atoms with Gasteiger partial charge < -0.3 is 86.6 Å². The van der Waals surface area contributed by atoms with E-state index in [4.69, 9.17) is 64.6 Å². The van der Waals surface area contributed by atoms with Crippen molar-refractivity contribution < 1.29 is 142 Å². The molecule has 2 amide bonds. The molecule has 0 radical (unpaired) electrons. The summed E-state index contributed by atoms with van der Waals surface area (Å²) in [6, 6.07) is -2.42. The van der Waals surface area contributed by atoms with Gasteiger partial charge in [-0.1, -0.05) is 142 Å². The van der Waals surface area contributed by atoms with Gasteiger partial charge in [-0.2, -0.15) is 0 Å². The third-order valence-corrected chi connectivity index (χ3v) is 30.9. The molecule has 6 fully saturated rings. The summed E-state index contributed by atoms with van der Waals surface area (Å²) in [6.07, 6.45) is 18.7. The number of aliphatic hydroxyl groups is 4. The molecule has 138 heavy (non-hydrogen) atoms. The number of nitrogens with zero attached hydrogens (tertiary/aromatic N) is 2. The quantitative estimate of drug-likeness (QED) is 0.0482. The number of piperidine rings is 2. The molecule has 0 aromatic heterocycles. The van der Waals surface area contributed by atoms with Crippen LogP contribution >= 0.6 is 14.7 Å². The van der Waals surface area contributed by atoms with E-state index in [1.165, 1.54) is 28.4 Å². The summed E-state index contributed by atoms with van der Waals surface area (Å²) in [5, 5.41) is 47.0. The fraction of sp³-hybridized carbons (Fsp3) is 0.755. The Labute approximate surface area is 829 Å². The first-order valence-electron chi connectivity index (χ1n) is 52.9. The Balaban J connectivity index is 0.000000391. The first-order valence-corrected chi connectivity index (χ1v) is 54.0. The molecule has 2 unspecified atom stereocenters. The summed E-state index contributed by atoms with van der Waals surface area (Å²) in [7, 11) is 0.776. The molecule has 0 aromatic carbocycles. The molecule has 2 saturated carbocycles. The van der Waals surface area contributed by atoms with Crippen molar-refractivity contribution in [2.24, 2.45) is 71.0 Å². The van der Waals surface area contributed by atoms with Crippen molar-refractivity contribution in [1.29, 1.82) is 0 Å². The summed E-state index contributed by atoms with van der Waals surface area (Å²) in [6.45, 7) is 21.6. The van der Waals surface area contributed by atoms with Gasteiger partial charge in [-0.15, -0.1) is 0 Å². The van der Waals surface area contributed by atoms with Gasteiger partial charge in [0.15, 0.2) is 26.3 Å². The second kappa shape index (κ2) is 55.1. The van der Waals surface area contributed by atoms with Crippen molar-refractivity contribution in [3.8, 4) is 0 Å². The first kappa shape index (κ1) is 109. The number of allylic oxidation sites excluding steroid dienone is 12. The average molecular weight is 1990 g/mol. The van der Waals surface area contributed by atoms with Crippen LogP contribution in [0.25, 0.3) is 0 Å². The van der Waals surface area contributed by atoms with Crippen molar-refractivity contribution in [2.75, 3.05) is 82.3 Å². The van der Waals surface area contributed by atoms with Gasteiger partial charge in [0.05, 0.1) is 48.8 Å². The van der Waals surface area contributed by atoms with Crippen molar-refractivity contribution in [1.82, 2.24) is 9.80 Å². The minimum absolute atomic E-state index is 0.00934. The third kappa shape index (κ3) is 33.9. The zero-order chi connectivity index (χ0) is 108. The van der Waals surface area contributed by atoms with Gasteiger partial charge in [0.1, 0.15) is 60.3 Å². The average Bonchev–Trinajstić information content (AvgIpc) is 0.774. The van der Waals surface area contributed by atoms with Gasteiger partial charge in [-0.05, 0) is 214 Å². The molecule has 8 rings (SSSR count). The minimum Gasteiger partial charge on any atom is -0.460 e. The number of amides is 2. The lowest BCUT2D eigenvalue weighted by molar-refractivity contribution is -0.265. The van der Waals surface area contributed by atoms with E-state index < -0.39 is 220 Å². The van der Waals surface area contributed by atoms with Crippen LogP contribution in [0.15, 0.2) is 95.2 Å². The maximum absolute atomic E-state index is 14.5. The van der Waals surface area contributed by atoms with Gasteiger partial charge in [0, 0.05) is 152 Å². The highest BCUT2D eigenvalue weighted by Crippen LogP contribution is 2.48. The molecule has 4 saturated heterocycles. The highest BCUT2D eigenvalue weighted by Gasteiger charge is 2.56. The van der Waals surface area contributed by atoms with Crippen LogP contribution in [0, 0.1) is 71.0 Å². The standard InChI is InChI=1S/2C53H84NO14P/c2*1-32-18-14-13-15-19-33(2)44(63-8)30-40-23-21-38(7)53(61,67-40)50(58)51(59)54-25-17-16-20-41(54)52(60)66-45(35(4)28-39-22-24-43(46(29-39)64-9)68-69(11,12)62)31-42(55)34(3)27-37(6)48(57)49(65-10)47(56)36(5)26-32/h2*13-15,18-19,27,32,34-36,38-41,43-46,48-49,57,61H,16-17,20-26,28-31H2,1-12H3/b2*15-13+,18-14+,33-19+,37-27+/t2*32-,34-,35-,36-,38-,39+,40+,41+,43-,44+,45+,46-,48-,49+,53-/m11/s1/i2*11D3/t2*32-,34-,35-,36-,38-,39+,40+,41+,43-,44+,45+,46-,48-,49+,53-,69?. The third-order valence-electron chi connectivity index (χ3n) is 29.6. The number of cyclic esters (lactones) is 2. The molecule has 6 aliphatic heterocycles. The SMILES string of the molecule is [2H]C([2H])([2H])P(C)(=O)O[C@@H]1CC[C@@H](C[C@@H](C)[C@@H]2CC(=O)[C@H](C)/C=C(\C)[C@@H](O)[C@@H](OC)C(=O)[C@H](C)C[C@H](C)/C=C/C=C/C=C(\C)[C@@H](OC)C[C@@H]3CC[C@@H](C)[C@@](O)(O3)C(=O)C(=O)N3CCCC[C@H]3C(=O)O2)C[C@H]1OC.[2H]C([2H])([2H])P(C)(=O)O[C@@H]1CC[C@@H](C[C@@H](C)[C@@H]2CC(=O)[C@H](C)/C=C(\C)[C@@H](O)[C@@H](OC)C(=O)[C@H](C)C[C@H](C)/C=C/C=C/C=C(\C)[C@@H](OC)C[C@@H]3CC[C@@H](C)[C@@](O)(O3)C(=O)C(=O)N3CCCC[C@H]3C(=O)O2)C[C@H]1OC. The van der Waals surface area contributed by atoms with E-state index in [1.54, 1.807) is 81.8 Å². The second-order valence-corrected chi connectivity index (χ2v) is 44.8. The maximum Gasteiger partial charge on any atom is 0.329 e. The fourth-order valence-corrected chi connectivity index (χ4v) is 22.5. The molecule has 0 aromatic rings. The minimum atomic E-state index is -4.00. The van der Waals surface area contributed by atoms with Crippen LogP contribution in [0.2, 0.25) is 0 Å². The molecule has 4 N–H and O–H groups in total. The number of rotatable bonds is 16. The Bertz CT molecular complexity index is 4400. The van der Waals surface area contributed by atoms with Crippen molar-refractivity contribution >= 4 is 73.2 Å². The Morgan fingerprint density at radius 1 is 0.449 bits per heavy atom. The van der Waals surface area contributed by atoms with Crippen LogP contribution in [0.4, 0.5) is 0 Å². The van der Waals surface area contributed by atoms with E-state index in [0.29, 0.717) is 127 Å². The Hall–Kier alpha value is -6.28. The lowest BCUT2D eigenvalue weighted by Crippen LogP contribution is -2.61.